The van der Waals surface area contributed by atoms with E-state index in [-0.39, 0.29) is 5.91 Å². The van der Waals surface area contributed by atoms with Gasteiger partial charge in [-0.2, -0.15) is 0 Å². The molecule has 3 nitrogen and oxygen atoms in total. The molecule has 0 aliphatic rings. The summed E-state index contributed by atoms with van der Waals surface area (Å²) in [6.45, 7) is 2.42. The Hall–Kier alpha value is -2.59. The number of amides is 1. The first-order valence-corrected chi connectivity index (χ1v) is 8.76. The number of halogens is 1. The van der Waals surface area contributed by atoms with Gasteiger partial charge in [-0.15, -0.1) is 0 Å². The standard InChI is InChI=1S/C21H18BrNO2/c1-15-11-12-19(18(22)13-15)23-21(24)17-9-5-6-10-20(17)25-14-16-7-3-2-4-8-16/h2-13H,14H2,1H3,(H,23,24). The third kappa shape index (κ3) is 4.48. The summed E-state index contributed by atoms with van der Waals surface area (Å²) in [5, 5.41) is 2.93. The number of anilines is 1. The maximum absolute atomic E-state index is 12.7. The van der Waals surface area contributed by atoms with E-state index in [0.717, 1.165) is 21.3 Å². The van der Waals surface area contributed by atoms with E-state index in [2.05, 4.69) is 21.2 Å². The van der Waals surface area contributed by atoms with Gasteiger partial charge in [0.1, 0.15) is 12.4 Å². The van der Waals surface area contributed by atoms with Gasteiger partial charge in [0.15, 0.2) is 0 Å². The lowest BCUT2D eigenvalue weighted by molar-refractivity contribution is 0.102. The van der Waals surface area contributed by atoms with Crippen molar-refractivity contribution in [1.29, 1.82) is 0 Å². The average Bonchev–Trinajstić information content (AvgIpc) is 2.63. The average molecular weight is 396 g/mol. The minimum atomic E-state index is -0.201. The monoisotopic (exact) mass is 395 g/mol. The lowest BCUT2D eigenvalue weighted by Crippen LogP contribution is -2.14. The summed E-state index contributed by atoms with van der Waals surface area (Å²) in [6, 6.07) is 22.9. The second kappa shape index (κ2) is 7.99. The zero-order valence-corrected chi connectivity index (χ0v) is 15.4. The second-order valence-electron chi connectivity index (χ2n) is 5.71. The SMILES string of the molecule is Cc1ccc(NC(=O)c2ccccc2OCc2ccccc2)c(Br)c1. The topological polar surface area (TPSA) is 38.3 Å². The van der Waals surface area contributed by atoms with E-state index in [1.165, 1.54) is 0 Å². The molecule has 0 radical (unpaired) electrons. The highest BCUT2D eigenvalue weighted by molar-refractivity contribution is 9.10. The first-order chi connectivity index (χ1) is 12.1. The Balaban J connectivity index is 1.76. The molecule has 0 saturated carbocycles. The Morgan fingerprint density at radius 3 is 2.48 bits per heavy atom. The number of carbonyl (C=O) groups is 1. The Morgan fingerprint density at radius 1 is 1.00 bits per heavy atom. The Morgan fingerprint density at radius 2 is 1.72 bits per heavy atom. The fourth-order valence-electron chi connectivity index (χ4n) is 2.43. The van der Waals surface area contributed by atoms with Crippen LogP contribution in [0.5, 0.6) is 5.75 Å². The highest BCUT2D eigenvalue weighted by Gasteiger charge is 2.13. The summed E-state index contributed by atoms with van der Waals surface area (Å²) >= 11 is 3.48. The number of carbonyl (C=O) groups excluding carboxylic acids is 1. The molecule has 1 amide bonds. The van der Waals surface area contributed by atoms with Crippen LogP contribution in [0, 0.1) is 6.92 Å². The molecule has 3 aromatic rings. The molecule has 3 aromatic carbocycles. The number of benzene rings is 3. The minimum Gasteiger partial charge on any atom is -0.488 e. The van der Waals surface area contributed by atoms with E-state index in [0.29, 0.717) is 17.9 Å². The van der Waals surface area contributed by atoms with Crippen LogP contribution < -0.4 is 10.1 Å². The van der Waals surface area contributed by atoms with Gasteiger partial charge in [-0.05, 0) is 58.2 Å². The molecule has 0 aromatic heterocycles. The van der Waals surface area contributed by atoms with Crippen molar-refractivity contribution in [2.24, 2.45) is 0 Å². The fraction of sp³-hybridized carbons (Fsp3) is 0.0952. The van der Waals surface area contributed by atoms with Gasteiger partial charge in [0.05, 0.1) is 11.3 Å². The molecule has 0 aliphatic carbocycles. The van der Waals surface area contributed by atoms with Gasteiger partial charge >= 0.3 is 0 Å². The molecule has 0 unspecified atom stereocenters. The van der Waals surface area contributed by atoms with E-state index in [1.54, 1.807) is 6.07 Å². The van der Waals surface area contributed by atoms with Crippen molar-refractivity contribution in [3.05, 3.63) is 94.0 Å². The van der Waals surface area contributed by atoms with Crippen LogP contribution in [-0.2, 0) is 6.61 Å². The zero-order chi connectivity index (χ0) is 17.6. The highest BCUT2D eigenvalue weighted by atomic mass is 79.9. The molecule has 0 fully saturated rings. The summed E-state index contributed by atoms with van der Waals surface area (Å²) in [7, 11) is 0. The van der Waals surface area contributed by atoms with Crippen LogP contribution in [0.4, 0.5) is 5.69 Å². The smallest absolute Gasteiger partial charge is 0.259 e. The largest absolute Gasteiger partial charge is 0.488 e. The van der Waals surface area contributed by atoms with Crippen LogP contribution in [0.25, 0.3) is 0 Å². The molecule has 126 valence electrons. The van der Waals surface area contributed by atoms with Gasteiger partial charge in [-0.25, -0.2) is 0 Å². The predicted octanol–water partition coefficient (Wildman–Crippen LogP) is 5.59. The first kappa shape index (κ1) is 17.2. The van der Waals surface area contributed by atoms with Crippen LogP contribution in [0.3, 0.4) is 0 Å². The van der Waals surface area contributed by atoms with E-state index in [4.69, 9.17) is 4.74 Å². The van der Waals surface area contributed by atoms with Gasteiger partial charge in [0.2, 0.25) is 0 Å². The summed E-state index contributed by atoms with van der Waals surface area (Å²) in [5.41, 5.74) is 3.41. The predicted molar refractivity (Wildman–Crippen MR) is 104 cm³/mol. The number of hydrogen-bond donors (Lipinski definition) is 1. The molecular formula is C21H18BrNO2. The van der Waals surface area contributed by atoms with Crippen molar-refractivity contribution in [1.82, 2.24) is 0 Å². The van der Waals surface area contributed by atoms with Crippen molar-refractivity contribution in [2.45, 2.75) is 13.5 Å². The minimum absolute atomic E-state index is 0.201. The van der Waals surface area contributed by atoms with Crippen molar-refractivity contribution in [3.8, 4) is 5.75 Å². The number of para-hydroxylation sites is 1. The molecule has 0 saturated heterocycles. The van der Waals surface area contributed by atoms with Crippen LogP contribution >= 0.6 is 15.9 Å². The molecule has 1 N–H and O–H groups in total. The third-order valence-corrected chi connectivity index (χ3v) is 4.40. The summed E-state index contributed by atoms with van der Waals surface area (Å²) < 4.78 is 6.71. The van der Waals surface area contributed by atoms with E-state index >= 15 is 0 Å². The number of ether oxygens (including phenoxy) is 1. The van der Waals surface area contributed by atoms with Crippen molar-refractivity contribution in [2.75, 3.05) is 5.32 Å². The molecule has 0 atom stereocenters. The van der Waals surface area contributed by atoms with Crippen LogP contribution in [0.1, 0.15) is 21.5 Å². The third-order valence-electron chi connectivity index (χ3n) is 3.74. The van der Waals surface area contributed by atoms with Gasteiger partial charge < -0.3 is 10.1 Å². The van der Waals surface area contributed by atoms with E-state index in [9.17, 15) is 4.79 Å². The lowest BCUT2D eigenvalue weighted by atomic mass is 10.1. The zero-order valence-electron chi connectivity index (χ0n) is 13.8. The number of hydrogen-bond acceptors (Lipinski definition) is 2. The molecule has 3 rings (SSSR count). The second-order valence-corrected chi connectivity index (χ2v) is 6.56. The Kier molecular flexibility index (Phi) is 5.51. The molecule has 0 bridgehead atoms. The van der Waals surface area contributed by atoms with Crippen LogP contribution in [0.2, 0.25) is 0 Å². The molecule has 0 aliphatic heterocycles. The molecule has 25 heavy (non-hydrogen) atoms. The fourth-order valence-corrected chi connectivity index (χ4v) is 3.02. The van der Waals surface area contributed by atoms with Gasteiger partial charge in [0.25, 0.3) is 5.91 Å². The van der Waals surface area contributed by atoms with Crippen molar-refractivity contribution >= 4 is 27.5 Å². The Labute approximate surface area is 155 Å². The quantitative estimate of drug-likeness (QED) is 0.611. The Bertz CT molecular complexity index is 878. The maximum Gasteiger partial charge on any atom is 0.259 e. The lowest BCUT2D eigenvalue weighted by Gasteiger charge is -2.13. The van der Waals surface area contributed by atoms with Gasteiger partial charge in [0, 0.05) is 4.47 Å². The van der Waals surface area contributed by atoms with Gasteiger partial charge in [-0.3, -0.25) is 4.79 Å². The molecular weight excluding hydrogens is 378 g/mol. The van der Waals surface area contributed by atoms with Crippen molar-refractivity contribution < 1.29 is 9.53 Å². The van der Waals surface area contributed by atoms with Crippen LogP contribution in [-0.4, -0.2) is 5.91 Å². The molecule has 0 heterocycles. The van der Waals surface area contributed by atoms with Gasteiger partial charge in [-0.1, -0.05) is 48.5 Å². The van der Waals surface area contributed by atoms with E-state index in [1.807, 2.05) is 73.7 Å². The molecule has 0 spiro atoms. The van der Waals surface area contributed by atoms with E-state index < -0.39 is 0 Å². The number of rotatable bonds is 5. The highest BCUT2D eigenvalue weighted by Crippen LogP contribution is 2.26. The van der Waals surface area contributed by atoms with Crippen molar-refractivity contribution in [3.63, 3.8) is 0 Å². The summed E-state index contributed by atoms with van der Waals surface area (Å²) in [4.78, 5) is 12.7. The summed E-state index contributed by atoms with van der Waals surface area (Å²) in [5.74, 6) is 0.361. The summed E-state index contributed by atoms with van der Waals surface area (Å²) in [6.07, 6.45) is 0. The molecule has 4 heteroatoms. The van der Waals surface area contributed by atoms with Crippen LogP contribution in [0.15, 0.2) is 77.3 Å². The first-order valence-electron chi connectivity index (χ1n) is 7.97. The number of nitrogens with one attached hydrogen (secondary N) is 1. The number of aryl methyl sites for hydroxylation is 1. The maximum atomic E-state index is 12.7. The normalized spacial score (nSPS) is 10.3.